The molecule has 0 bridgehead atoms. The Morgan fingerprint density at radius 3 is 2.61 bits per heavy atom. The van der Waals surface area contributed by atoms with Crippen LogP contribution in [0.5, 0.6) is 5.88 Å². The SMILES string of the molecule is CC1CN(c2ccc(N=Cc3c(O)[nH]c4cccc(F)c34)cc2F)CC(C)O1. The number of aromatic hydroxyl groups is 1. The second kappa shape index (κ2) is 7.24. The fourth-order valence-electron chi connectivity index (χ4n) is 3.69. The smallest absolute Gasteiger partial charge is 0.198 e. The third-order valence-corrected chi connectivity index (χ3v) is 4.83. The molecule has 0 radical (unpaired) electrons. The molecule has 1 fully saturated rings. The van der Waals surface area contributed by atoms with Crippen molar-refractivity contribution in [3.8, 4) is 5.88 Å². The van der Waals surface area contributed by atoms with Gasteiger partial charge in [-0.05, 0) is 38.1 Å². The maximum absolute atomic E-state index is 14.7. The first-order chi connectivity index (χ1) is 13.4. The van der Waals surface area contributed by atoms with E-state index in [1.54, 1.807) is 24.3 Å². The van der Waals surface area contributed by atoms with Crippen molar-refractivity contribution in [2.75, 3.05) is 18.0 Å². The van der Waals surface area contributed by atoms with Gasteiger partial charge in [0.2, 0.25) is 0 Å². The Morgan fingerprint density at radius 1 is 1.14 bits per heavy atom. The number of rotatable bonds is 3. The van der Waals surface area contributed by atoms with Gasteiger partial charge >= 0.3 is 0 Å². The van der Waals surface area contributed by atoms with Gasteiger partial charge in [-0.1, -0.05) is 6.07 Å². The highest BCUT2D eigenvalue weighted by atomic mass is 19.1. The summed E-state index contributed by atoms with van der Waals surface area (Å²) in [5.74, 6) is -1.03. The van der Waals surface area contributed by atoms with Crippen molar-refractivity contribution < 1.29 is 18.6 Å². The number of hydrogen-bond acceptors (Lipinski definition) is 4. The maximum atomic E-state index is 14.7. The van der Waals surface area contributed by atoms with Crippen molar-refractivity contribution in [2.45, 2.75) is 26.1 Å². The molecule has 4 rings (SSSR count). The van der Waals surface area contributed by atoms with Gasteiger partial charge in [-0.2, -0.15) is 0 Å². The molecular weight excluding hydrogens is 364 g/mol. The van der Waals surface area contributed by atoms with E-state index in [0.29, 0.717) is 30.0 Å². The summed E-state index contributed by atoms with van der Waals surface area (Å²) in [6.45, 7) is 5.16. The molecule has 3 aromatic rings. The van der Waals surface area contributed by atoms with E-state index in [1.165, 1.54) is 18.3 Å². The largest absolute Gasteiger partial charge is 0.494 e. The molecule has 2 heterocycles. The van der Waals surface area contributed by atoms with Crippen molar-refractivity contribution in [2.24, 2.45) is 4.99 Å². The van der Waals surface area contributed by atoms with Gasteiger partial charge in [0.15, 0.2) is 5.88 Å². The molecule has 28 heavy (non-hydrogen) atoms. The third-order valence-electron chi connectivity index (χ3n) is 4.83. The van der Waals surface area contributed by atoms with Crippen LogP contribution >= 0.6 is 0 Å². The van der Waals surface area contributed by atoms with Crippen LogP contribution < -0.4 is 4.90 Å². The number of hydrogen-bond donors (Lipinski definition) is 2. The van der Waals surface area contributed by atoms with Crippen LogP contribution in [0.15, 0.2) is 41.4 Å². The number of benzene rings is 2. The Balaban J connectivity index is 1.62. The number of nitrogens with one attached hydrogen (secondary N) is 1. The van der Waals surface area contributed by atoms with E-state index >= 15 is 0 Å². The minimum atomic E-state index is -0.465. The van der Waals surface area contributed by atoms with E-state index in [9.17, 15) is 13.9 Å². The van der Waals surface area contributed by atoms with Crippen LogP contribution in [0.4, 0.5) is 20.2 Å². The summed E-state index contributed by atoms with van der Waals surface area (Å²) in [5.41, 5.74) is 1.58. The number of aromatic nitrogens is 1. The lowest BCUT2D eigenvalue weighted by Crippen LogP contribution is -2.45. The van der Waals surface area contributed by atoms with E-state index in [0.717, 1.165) is 0 Å². The molecule has 1 aliphatic heterocycles. The summed E-state index contributed by atoms with van der Waals surface area (Å²) < 4.78 is 34.5. The average molecular weight is 385 g/mol. The molecule has 0 amide bonds. The minimum absolute atomic E-state index is 0.0283. The summed E-state index contributed by atoms with van der Waals surface area (Å²) in [5, 5.41) is 10.3. The first kappa shape index (κ1) is 18.4. The Morgan fingerprint density at radius 2 is 1.89 bits per heavy atom. The molecule has 5 nitrogen and oxygen atoms in total. The summed E-state index contributed by atoms with van der Waals surface area (Å²) in [6, 6.07) is 9.24. The van der Waals surface area contributed by atoms with Gasteiger partial charge in [-0.15, -0.1) is 0 Å². The standard InChI is InChI=1S/C21H21F2N3O2/c1-12-10-26(11-13(2)28-12)19-7-6-14(8-17(19)23)24-9-15-20-16(22)4-3-5-18(20)25-21(15)27/h3-9,12-13,25,27H,10-11H2,1-2H3. The Bertz CT molecular complexity index is 1040. The average Bonchev–Trinajstić information content (AvgIpc) is 2.95. The number of fused-ring (bicyclic) bond motifs is 1. The van der Waals surface area contributed by atoms with Crippen molar-refractivity contribution in [1.82, 2.24) is 4.98 Å². The van der Waals surface area contributed by atoms with E-state index < -0.39 is 5.82 Å². The topological polar surface area (TPSA) is 60.8 Å². The zero-order valence-electron chi connectivity index (χ0n) is 15.6. The maximum Gasteiger partial charge on any atom is 0.198 e. The molecule has 0 aliphatic carbocycles. The van der Waals surface area contributed by atoms with Crippen LogP contribution in [0.3, 0.4) is 0 Å². The predicted octanol–water partition coefficient (Wildman–Crippen LogP) is 4.52. The number of ether oxygens (including phenoxy) is 1. The van der Waals surface area contributed by atoms with Crippen molar-refractivity contribution >= 4 is 28.5 Å². The minimum Gasteiger partial charge on any atom is -0.494 e. The lowest BCUT2D eigenvalue weighted by molar-refractivity contribution is -0.00539. The monoisotopic (exact) mass is 385 g/mol. The normalized spacial score (nSPS) is 20.4. The molecule has 0 spiro atoms. The van der Waals surface area contributed by atoms with Gasteiger partial charge in [0.05, 0.1) is 34.7 Å². The van der Waals surface area contributed by atoms with Crippen molar-refractivity contribution in [1.29, 1.82) is 0 Å². The van der Waals surface area contributed by atoms with E-state index in [2.05, 4.69) is 9.98 Å². The Hall–Kier alpha value is -2.93. The van der Waals surface area contributed by atoms with Crippen molar-refractivity contribution in [3.63, 3.8) is 0 Å². The highest BCUT2D eigenvalue weighted by molar-refractivity contribution is 6.02. The zero-order chi connectivity index (χ0) is 19.8. The number of nitrogens with zero attached hydrogens (tertiary/aromatic N) is 2. The van der Waals surface area contributed by atoms with Gasteiger partial charge in [-0.3, -0.25) is 4.99 Å². The van der Waals surface area contributed by atoms with Crippen LogP contribution in [-0.2, 0) is 4.74 Å². The van der Waals surface area contributed by atoms with Crippen molar-refractivity contribution in [3.05, 3.63) is 53.6 Å². The predicted molar refractivity (Wildman–Crippen MR) is 106 cm³/mol. The molecule has 146 valence electrons. The van der Waals surface area contributed by atoms with Crippen LogP contribution in [0, 0.1) is 11.6 Å². The highest BCUT2D eigenvalue weighted by Crippen LogP contribution is 2.30. The second-order valence-electron chi connectivity index (χ2n) is 7.11. The van der Waals surface area contributed by atoms with E-state index in [1.807, 2.05) is 18.7 Å². The summed E-state index contributed by atoms with van der Waals surface area (Å²) >= 11 is 0. The molecule has 1 aromatic heterocycles. The van der Waals surface area contributed by atoms with Gasteiger partial charge in [-0.25, -0.2) is 8.78 Å². The first-order valence-electron chi connectivity index (χ1n) is 9.15. The molecule has 0 saturated carbocycles. The molecule has 1 saturated heterocycles. The first-order valence-corrected chi connectivity index (χ1v) is 9.15. The highest BCUT2D eigenvalue weighted by Gasteiger charge is 2.24. The summed E-state index contributed by atoms with van der Waals surface area (Å²) in [7, 11) is 0. The van der Waals surface area contributed by atoms with Gasteiger partial charge in [0.1, 0.15) is 11.6 Å². The number of H-pyrrole nitrogens is 1. The third kappa shape index (κ3) is 3.45. The Kier molecular flexibility index (Phi) is 4.77. The number of halogens is 2. The van der Waals surface area contributed by atoms with Gasteiger partial charge in [0, 0.05) is 30.8 Å². The van der Waals surface area contributed by atoms with Crippen LogP contribution in [0.1, 0.15) is 19.4 Å². The van der Waals surface area contributed by atoms with Gasteiger partial charge in [0.25, 0.3) is 0 Å². The molecule has 2 unspecified atom stereocenters. The van der Waals surface area contributed by atoms with Gasteiger partial charge < -0.3 is 19.7 Å². The quantitative estimate of drug-likeness (QED) is 0.652. The van der Waals surface area contributed by atoms with E-state index in [-0.39, 0.29) is 34.9 Å². The summed E-state index contributed by atoms with van der Waals surface area (Å²) in [4.78, 5) is 8.89. The molecule has 2 atom stereocenters. The molecule has 7 heteroatoms. The molecule has 1 aliphatic rings. The Labute approximate surface area is 161 Å². The fourth-order valence-corrected chi connectivity index (χ4v) is 3.69. The van der Waals surface area contributed by atoms with Crippen LogP contribution in [-0.4, -0.2) is 41.6 Å². The second-order valence-corrected chi connectivity index (χ2v) is 7.11. The lowest BCUT2D eigenvalue weighted by atomic mass is 10.1. The number of morpholine rings is 1. The lowest BCUT2D eigenvalue weighted by Gasteiger charge is -2.37. The molecule has 2 N–H and O–H groups in total. The number of aromatic amines is 1. The number of aliphatic imine (C=N–C) groups is 1. The van der Waals surface area contributed by atoms with Crippen LogP contribution in [0.25, 0.3) is 10.9 Å². The molecule has 2 aromatic carbocycles. The van der Waals surface area contributed by atoms with Crippen LogP contribution in [0.2, 0.25) is 0 Å². The van der Waals surface area contributed by atoms with E-state index in [4.69, 9.17) is 4.74 Å². The fraction of sp³-hybridized carbons (Fsp3) is 0.286. The zero-order valence-corrected chi connectivity index (χ0v) is 15.6. The molecular formula is C21H21F2N3O2. The summed E-state index contributed by atoms with van der Waals surface area (Å²) in [6.07, 6.45) is 1.39. The number of anilines is 1.